The SMILES string of the molecule is CC(=O)SCC(=O)Nc1nc2c(ccc3ccccc32)s1. The fraction of sp³-hybridized carbons (Fsp3) is 0.133. The average Bonchev–Trinajstić information content (AvgIpc) is 2.88. The van der Waals surface area contributed by atoms with Crippen LogP contribution in [0.3, 0.4) is 0 Å². The number of thioether (sulfide) groups is 1. The summed E-state index contributed by atoms with van der Waals surface area (Å²) in [7, 11) is 0. The van der Waals surface area contributed by atoms with Crippen LogP contribution in [0.2, 0.25) is 0 Å². The first kappa shape index (κ1) is 14.0. The molecule has 0 unspecified atom stereocenters. The normalized spacial score (nSPS) is 10.9. The third-order valence-electron chi connectivity index (χ3n) is 2.94. The van der Waals surface area contributed by atoms with E-state index in [1.807, 2.05) is 36.4 Å². The molecule has 0 radical (unpaired) electrons. The van der Waals surface area contributed by atoms with Crippen LogP contribution >= 0.6 is 23.1 Å². The van der Waals surface area contributed by atoms with E-state index in [2.05, 4.69) is 10.3 Å². The van der Waals surface area contributed by atoms with Gasteiger partial charge in [0.25, 0.3) is 0 Å². The molecule has 0 aliphatic rings. The minimum absolute atomic E-state index is 0.0690. The third kappa shape index (κ3) is 3.06. The fourth-order valence-corrected chi connectivity index (χ4v) is 3.34. The van der Waals surface area contributed by atoms with E-state index in [1.54, 1.807) is 0 Å². The molecule has 0 atom stereocenters. The molecular weight excluding hydrogens is 304 g/mol. The Morgan fingerprint density at radius 1 is 1.24 bits per heavy atom. The van der Waals surface area contributed by atoms with Gasteiger partial charge in [0.1, 0.15) is 0 Å². The number of carbonyl (C=O) groups is 2. The molecule has 21 heavy (non-hydrogen) atoms. The number of amides is 1. The molecule has 1 heterocycles. The largest absolute Gasteiger partial charge is 0.301 e. The van der Waals surface area contributed by atoms with Crippen molar-refractivity contribution in [2.75, 3.05) is 11.1 Å². The molecular formula is C15H12N2O2S2. The second kappa shape index (κ2) is 5.83. The van der Waals surface area contributed by atoms with Crippen LogP contribution in [0.1, 0.15) is 6.92 Å². The molecule has 2 aromatic carbocycles. The summed E-state index contributed by atoms with van der Waals surface area (Å²) < 4.78 is 1.03. The topological polar surface area (TPSA) is 59.1 Å². The lowest BCUT2D eigenvalue weighted by molar-refractivity contribution is -0.114. The number of fused-ring (bicyclic) bond motifs is 3. The van der Waals surface area contributed by atoms with Gasteiger partial charge in [-0.3, -0.25) is 9.59 Å². The van der Waals surface area contributed by atoms with Crippen molar-refractivity contribution in [2.24, 2.45) is 0 Å². The minimum atomic E-state index is -0.210. The van der Waals surface area contributed by atoms with E-state index in [0.29, 0.717) is 5.13 Å². The quantitative estimate of drug-likeness (QED) is 0.801. The van der Waals surface area contributed by atoms with Crippen molar-refractivity contribution in [2.45, 2.75) is 6.92 Å². The minimum Gasteiger partial charge on any atom is -0.301 e. The van der Waals surface area contributed by atoms with Crippen LogP contribution in [0.15, 0.2) is 36.4 Å². The predicted molar refractivity (Wildman–Crippen MR) is 88.9 cm³/mol. The van der Waals surface area contributed by atoms with Crippen LogP contribution < -0.4 is 5.32 Å². The Morgan fingerprint density at radius 3 is 2.86 bits per heavy atom. The number of nitrogens with one attached hydrogen (secondary N) is 1. The number of hydrogen-bond acceptors (Lipinski definition) is 5. The summed E-state index contributed by atoms with van der Waals surface area (Å²) in [5.41, 5.74) is 0.896. The lowest BCUT2D eigenvalue weighted by atomic mass is 10.1. The number of benzene rings is 2. The lowest BCUT2D eigenvalue weighted by Gasteiger charge is -1.98. The van der Waals surface area contributed by atoms with Gasteiger partial charge in [0.15, 0.2) is 10.2 Å². The van der Waals surface area contributed by atoms with Gasteiger partial charge in [-0.1, -0.05) is 53.4 Å². The van der Waals surface area contributed by atoms with Gasteiger partial charge in [0.05, 0.1) is 16.0 Å². The van der Waals surface area contributed by atoms with Crippen molar-refractivity contribution >= 4 is 60.2 Å². The number of thiazole rings is 1. The molecule has 1 aromatic heterocycles. The predicted octanol–water partition coefficient (Wildman–Crippen LogP) is 3.67. The number of anilines is 1. The third-order valence-corrected chi connectivity index (χ3v) is 4.69. The van der Waals surface area contributed by atoms with Gasteiger partial charge < -0.3 is 5.32 Å². The molecule has 3 aromatic rings. The lowest BCUT2D eigenvalue weighted by Crippen LogP contribution is -2.14. The van der Waals surface area contributed by atoms with Crippen LogP contribution in [0.25, 0.3) is 21.0 Å². The molecule has 0 aliphatic heterocycles. The van der Waals surface area contributed by atoms with Crippen LogP contribution in [-0.4, -0.2) is 21.8 Å². The Kier molecular flexibility index (Phi) is 3.90. The molecule has 0 spiro atoms. The Labute approximate surface area is 129 Å². The first-order chi connectivity index (χ1) is 10.1. The zero-order chi connectivity index (χ0) is 14.8. The van der Waals surface area contributed by atoms with Crippen LogP contribution in [0.4, 0.5) is 5.13 Å². The van der Waals surface area contributed by atoms with Gasteiger partial charge in [-0.15, -0.1) is 0 Å². The van der Waals surface area contributed by atoms with Crippen molar-refractivity contribution in [3.05, 3.63) is 36.4 Å². The smallest absolute Gasteiger partial charge is 0.236 e. The molecule has 6 heteroatoms. The first-order valence-corrected chi connectivity index (χ1v) is 8.15. The van der Waals surface area contributed by atoms with Crippen molar-refractivity contribution in [1.82, 2.24) is 4.98 Å². The van der Waals surface area contributed by atoms with Gasteiger partial charge in [-0.05, 0) is 11.5 Å². The number of hydrogen-bond donors (Lipinski definition) is 1. The molecule has 0 saturated heterocycles. The maximum absolute atomic E-state index is 11.7. The molecule has 1 N–H and O–H groups in total. The van der Waals surface area contributed by atoms with Gasteiger partial charge in [-0.25, -0.2) is 4.98 Å². The summed E-state index contributed by atoms with van der Waals surface area (Å²) >= 11 is 2.43. The Morgan fingerprint density at radius 2 is 2.05 bits per heavy atom. The van der Waals surface area contributed by atoms with Crippen molar-refractivity contribution in [3.8, 4) is 0 Å². The number of rotatable bonds is 3. The van der Waals surface area contributed by atoms with Crippen molar-refractivity contribution in [3.63, 3.8) is 0 Å². The molecule has 0 saturated carbocycles. The van der Waals surface area contributed by atoms with Crippen molar-refractivity contribution in [1.29, 1.82) is 0 Å². The highest BCUT2D eigenvalue weighted by Gasteiger charge is 2.10. The van der Waals surface area contributed by atoms with E-state index in [-0.39, 0.29) is 16.8 Å². The first-order valence-electron chi connectivity index (χ1n) is 6.35. The zero-order valence-corrected chi connectivity index (χ0v) is 12.9. The molecule has 4 nitrogen and oxygen atoms in total. The van der Waals surface area contributed by atoms with Crippen LogP contribution in [0, 0.1) is 0 Å². The Bertz CT molecular complexity index is 842. The maximum Gasteiger partial charge on any atom is 0.236 e. The fourth-order valence-electron chi connectivity index (χ4n) is 2.04. The van der Waals surface area contributed by atoms with E-state index >= 15 is 0 Å². The Hall–Kier alpha value is -1.92. The number of aromatic nitrogens is 1. The molecule has 106 valence electrons. The highest BCUT2D eigenvalue weighted by molar-refractivity contribution is 8.14. The van der Waals surface area contributed by atoms with Crippen LogP contribution in [0.5, 0.6) is 0 Å². The number of carbonyl (C=O) groups excluding carboxylic acids is 2. The van der Waals surface area contributed by atoms with Gasteiger partial charge >= 0.3 is 0 Å². The zero-order valence-electron chi connectivity index (χ0n) is 11.3. The summed E-state index contributed by atoms with van der Waals surface area (Å²) in [5, 5.41) is 5.44. The molecule has 0 bridgehead atoms. The summed E-state index contributed by atoms with van der Waals surface area (Å²) in [4.78, 5) is 27.1. The summed E-state index contributed by atoms with van der Waals surface area (Å²) in [6.07, 6.45) is 0. The monoisotopic (exact) mass is 316 g/mol. The molecule has 3 rings (SSSR count). The second-order valence-corrected chi connectivity index (χ2v) is 6.66. The number of nitrogens with zero attached hydrogens (tertiary/aromatic N) is 1. The summed E-state index contributed by atoms with van der Waals surface area (Å²) in [5.74, 6) is -0.0926. The van der Waals surface area contributed by atoms with E-state index in [1.165, 1.54) is 18.3 Å². The van der Waals surface area contributed by atoms with Gasteiger partial charge in [0, 0.05) is 12.3 Å². The van der Waals surface area contributed by atoms with E-state index < -0.39 is 0 Å². The highest BCUT2D eigenvalue weighted by Crippen LogP contribution is 2.31. The second-order valence-electron chi connectivity index (χ2n) is 4.48. The maximum atomic E-state index is 11.7. The highest BCUT2D eigenvalue weighted by atomic mass is 32.2. The summed E-state index contributed by atoms with van der Waals surface area (Å²) in [6, 6.07) is 12.1. The van der Waals surface area contributed by atoms with Crippen LogP contribution in [-0.2, 0) is 9.59 Å². The van der Waals surface area contributed by atoms with E-state index in [9.17, 15) is 9.59 Å². The standard InChI is InChI=1S/C15H12N2O2S2/c1-9(18)20-8-13(19)16-15-17-14-11-5-3-2-4-10(11)6-7-12(14)21-15/h2-7H,8H2,1H3,(H,16,17,19). The average molecular weight is 316 g/mol. The van der Waals surface area contributed by atoms with E-state index in [0.717, 1.165) is 32.8 Å². The van der Waals surface area contributed by atoms with Crippen molar-refractivity contribution < 1.29 is 9.59 Å². The molecule has 1 amide bonds. The molecule has 0 fully saturated rings. The van der Waals surface area contributed by atoms with Gasteiger partial charge in [-0.2, -0.15) is 0 Å². The Balaban J connectivity index is 1.89. The molecule has 0 aliphatic carbocycles. The van der Waals surface area contributed by atoms with E-state index in [4.69, 9.17) is 0 Å². The summed E-state index contributed by atoms with van der Waals surface area (Å²) in [6.45, 7) is 1.45. The van der Waals surface area contributed by atoms with Gasteiger partial charge in [0.2, 0.25) is 5.91 Å².